The molecular weight excluding hydrogens is 931 g/mol. The molecule has 0 spiro atoms. The van der Waals surface area contributed by atoms with Gasteiger partial charge in [0.25, 0.3) is 5.91 Å². The van der Waals surface area contributed by atoms with E-state index in [1.165, 1.54) is 18.5 Å². The number of carbonyl (C=O) groups is 4. The van der Waals surface area contributed by atoms with Gasteiger partial charge in [0.2, 0.25) is 11.8 Å². The number of halogens is 2. The summed E-state index contributed by atoms with van der Waals surface area (Å²) in [6.07, 6.45) is 9.19. The number of nitrogen functional groups attached to an aromatic ring is 1. The lowest BCUT2D eigenvalue weighted by Gasteiger charge is -2.43. The lowest BCUT2D eigenvalue weighted by atomic mass is 9.71. The molecule has 10 rings (SSSR count). The number of piperidine rings is 3. The van der Waals surface area contributed by atoms with Gasteiger partial charge in [-0.25, -0.2) is 38.2 Å². The molecule has 8 heterocycles. The van der Waals surface area contributed by atoms with E-state index in [-0.39, 0.29) is 65.7 Å². The van der Waals surface area contributed by atoms with E-state index < -0.39 is 35.2 Å². The largest absolute Gasteiger partial charge is 0.439 e. The molecule has 2 atom stereocenters. The van der Waals surface area contributed by atoms with Crippen LogP contribution >= 0.6 is 0 Å². The summed E-state index contributed by atoms with van der Waals surface area (Å²) in [7, 11) is 0. The van der Waals surface area contributed by atoms with Crippen LogP contribution in [0.4, 0.5) is 30.8 Å². The van der Waals surface area contributed by atoms with Crippen molar-refractivity contribution in [2.75, 3.05) is 81.5 Å². The molecule has 0 unspecified atom stereocenters. The van der Waals surface area contributed by atoms with Gasteiger partial charge < -0.3 is 35.0 Å². The van der Waals surface area contributed by atoms with Crippen molar-refractivity contribution >= 4 is 52.0 Å². The van der Waals surface area contributed by atoms with Crippen LogP contribution in [0.15, 0.2) is 35.4 Å². The molecule has 5 aromatic rings. The van der Waals surface area contributed by atoms with Gasteiger partial charge in [-0.2, -0.15) is 5.10 Å². The monoisotopic (exact) mass is 992 g/mol. The maximum atomic E-state index is 15.3. The van der Waals surface area contributed by atoms with E-state index in [1.54, 1.807) is 14.7 Å². The van der Waals surface area contributed by atoms with E-state index in [0.717, 1.165) is 43.6 Å². The van der Waals surface area contributed by atoms with Crippen LogP contribution in [0.5, 0.6) is 0 Å². The highest BCUT2D eigenvalue weighted by Crippen LogP contribution is 2.49. The minimum Gasteiger partial charge on any atom is -0.439 e. The molecule has 0 radical (unpaired) electrons. The van der Waals surface area contributed by atoms with Crippen LogP contribution in [0, 0.1) is 23.0 Å². The van der Waals surface area contributed by atoms with Crippen LogP contribution in [0.2, 0.25) is 0 Å². The van der Waals surface area contributed by atoms with E-state index in [9.17, 15) is 19.2 Å². The molecule has 4 N–H and O–H groups in total. The third-order valence-corrected chi connectivity index (χ3v) is 14.9. The number of carbonyl (C=O) groups excluding carboxylic acids is 4. The van der Waals surface area contributed by atoms with Crippen LogP contribution in [0.3, 0.4) is 0 Å². The van der Waals surface area contributed by atoms with E-state index in [0.29, 0.717) is 98.5 Å². The zero-order valence-corrected chi connectivity index (χ0v) is 41.4. The first kappa shape index (κ1) is 48.8. The topological polar surface area (TPSA) is 236 Å². The average Bonchev–Trinajstić information content (AvgIpc) is 3.96. The number of nitrogens with zero attached hydrogens (tertiary/aromatic N) is 11. The fourth-order valence-corrected chi connectivity index (χ4v) is 10.9. The first-order valence-electron chi connectivity index (χ1n) is 25.0. The number of rotatable bonds is 11. The molecule has 22 heteroatoms. The number of amides is 4. The Morgan fingerprint density at radius 3 is 2.25 bits per heavy atom. The Labute approximate surface area is 415 Å². The molecule has 1 aromatic carbocycles. The second-order valence-electron chi connectivity index (χ2n) is 21.6. The third kappa shape index (κ3) is 9.88. The molecule has 0 bridgehead atoms. The number of nitrogens with one attached hydrogen (secondary N) is 2. The molecule has 5 aliphatic rings. The summed E-state index contributed by atoms with van der Waals surface area (Å²) in [5, 5.41) is 15.2. The van der Waals surface area contributed by atoms with E-state index in [1.807, 2.05) is 37.8 Å². The van der Waals surface area contributed by atoms with Crippen LogP contribution < -0.4 is 21.3 Å². The van der Waals surface area contributed by atoms with Crippen molar-refractivity contribution in [2.24, 2.45) is 11.3 Å². The second kappa shape index (κ2) is 19.3. The molecule has 1 saturated carbocycles. The first-order chi connectivity index (χ1) is 34.4. The smallest absolute Gasteiger partial charge is 0.410 e. The molecule has 382 valence electrons. The van der Waals surface area contributed by atoms with Crippen molar-refractivity contribution in [3.05, 3.63) is 53.8 Å². The molecule has 5 fully saturated rings. The van der Waals surface area contributed by atoms with E-state index >= 15 is 8.78 Å². The van der Waals surface area contributed by atoms with Crippen LogP contribution in [0.1, 0.15) is 103 Å². The van der Waals surface area contributed by atoms with Crippen LogP contribution in [0.25, 0.3) is 33.8 Å². The van der Waals surface area contributed by atoms with Crippen molar-refractivity contribution in [1.29, 1.82) is 0 Å². The Bertz CT molecular complexity index is 2860. The number of ether oxygens (including phenoxy) is 1. The standard InChI is InChI=1S/C50H62F2N14O6/c1-49(2,3)66-46-39(44(53)56-27-57-46)40(60-66)41-38(43(72-61-41)29-6-7-29)45-54-22-30(23-55-45)32-12-15-65(26-50(32,4)5)48(70)71-25-37(68)63-13-10-28(11-14-63)24-62-16-18-64(19-17-62)42-33(51)20-31(21-34(42)52)58-35-8-9-36(67)59-47(35)69/h20-23,27-29,32,35,58H,6-19,24-26H2,1-5H3,(H2,53,56,57)(H,59,67,69)/t32-,35-/m1/s1. The highest BCUT2D eigenvalue weighted by molar-refractivity contribution is 6.02. The lowest BCUT2D eigenvalue weighted by molar-refractivity contribution is -0.136. The van der Waals surface area contributed by atoms with Gasteiger partial charge in [-0.3, -0.25) is 24.6 Å². The minimum absolute atomic E-state index is 0.0386. The highest BCUT2D eigenvalue weighted by Gasteiger charge is 2.41. The summed E-state index contributed by atoms with van der Waals surface area (Å²) in [4.78, 5) is 76.3. The SMILES string of the molecule is CC1(C)CN(C(=O)OCC(=O)N2CCC(CN3CCN(c4c(F)cc(N[C@@H]5CCC(=O)NC5=O)cc4F)CC3)CC2)CC[C@@H]1c1cnc(-c2c(-c3nn(C(C)(C)C)c4ncnc(N)c34)noc2C2CC2)nc1. The number of benzene rings is 1. The maximum Gasteiger partial charge on any atom is 0.410 e. The summed E-state index contributed by atoms with van der Waals surface area (Å²) in [6, 6.07) is 1.63. The quantitative estimate of drug-likeness (QED) is 0.135. The minimum atomic E-state index is -0.747. The second-order valence-corrected chi connectivity index (χ2v) is 21.6. The summed E-state index contributed by atoms with van der Waals surface area (Å²) < 4.78 is 44.0. The Morgan fingerprint density at radius 1 is 0.903 bits per heavy atom. The van der Waals surface area contributed by atoms with Crippen molar-refractivity contribution in [1.82, 2.24) is 54.9 Å². The van der Waals surface area contributed by atoms with E-state index in [4.69, 9.17) is 30.1 Å². The number of imide groups is 1. The molecule has 72 heavy (non-hydrogen) atoms. The predicted molar refractivity (Wildman–Crippen MR) is 261 cm³/mol. The molecule has 1 aliphatic carbocycles. The summed E-state index contributed by atoms with van der Waals surface area (Å²) in [6.45, 7) is 14.9. The van der Waals surface area contributed by atoms with Gasteiger partial charge in [0.05, 0.1) is 16.5 Å². The fraction of sp³-hybridized carbons (Fsp3) is 0.560. The van der Waals surface area contributed by atoms with Crippen molar-refractivity contribution in [3.8, 4) is 22.8 Å². The molecule has 20 nitrogen and oxygen atoms in total. The Balaban J connectivity index is 0.688. The summed E-state index contributed by atoms with van der Waals surface area (Å²) in [5.74, 6) is -0.479. The lowest BCUT2D eigenvalue weighted by Crippen LogP contribution is -2.50. The first-order valence-corrected chi connectivity index (χ1v) is 25.0. The van der Waals surface area contributed by atoms with Gasteiger partial charge in [-0.1, -0.05) is 19.0 Å². The van der Waals surface area contributed by atoms with Gasteiger partial charge >= 0.3 is 6.09 Å². The highest BCUT2D eigenvalue weighted by atomic mass is 19.1. The van der Waals surface area contributed by atoms with Gasteiger partial charge in [0, 0.05) is 89.3 Å². The van der Waals surface area contributed by atoms with Crippen molar-refractivity contribution < 1.29 is 37.2 Å². The molecular formula is C50H62F2N14O6. The zero-order chi connectivity index (χ0) is 50.6. The number of anilines is 3. The number of nitrogens with two attached hydrogens (primary N) is 1. The average molecular weight is 993 g/mol. The summed E-state index contributed by atoms with van der Waals surface area (Å²) in [5.41, 5.74) is 8.92. The Hall–Kier alpha value is -6.84. The number of fused-ring (bicyclic) bond motifs is 1. The van der Waals surface area contributed by atoms with Crippen LogP contribution in [-0.4, -0.2) is 145 Å². The van der Waals surface area contributed by atoms with Gasteiger partial charge in [0.15, 0.2) is 35.5 Å². The third-order valence-electron chi connectivity index (χ3n) is 14.9. The van der Waals surface area contributed by atoms with Gasteiger partial charge in [-0.15, -0.1) is 0 Å². The molecule has 4 saturated heterocycles. The number of likely N-dealkylation sites (tertiary alicyclic amines) is 2. The van der Waals surface area contributed by atoms with E-state index in [2.05, 4.69) is 44.5 Å². The zero-order valence-electron chi connectivity index (χ0n) is 41.4. The summed E-state index contributed by atoms with van der Waals surface area (Å²) >= 11 is 0. The Morgan fingerprint density at radius 2 is 1.60 bits per heavy atom. The number of hydrogen-bond donors (Lipinski definition) is 3. The van der Waals surface area contributed by atoms with Crippen LogP contribution in [-0.2, 0) is 24.7 Å². The molecule has 4 aliphatic heterocycles. The molecule has 4 amide bonds. The fourth-order valence-electron chi connectivity index (χ4n) is 10.9. The van der Waals surface area contributed by atoms with Gasteiger partial charge in [-0.05, 0) is 94.2 Å². The predicted octanol–water partition coefficient (Wildman–Crippen LogP) is 5.66. The van der Waals surface area contributed by atoms with Crippen molar-refractivity contribution in [3.63, 3.8) is 0 Å². The number of hydrogen-bond acceptors (Lipinski definition) is 16. The molecule has 4 aromatic heterocycles. The van der Waals surface area contributed by atoms with Crippen molar-refractivity contribution in [2.45, 2.75) is 103 Å². The van der Waals surface area contributed by atoms with Gasteiger partial charge in [0.1, 0.15) is 35.3 Å². The number of aromatic nitrogens is 7. The normalized spacial score (nSPS) is 21.3. The Kier molecular flexibility index (Phi) is 13.1. The number of piperazine rings is 1. The maximum absolute atomic E-state index is 15.3.